The molecular weight excluding hydrogens is 395 g/mol. The predicted octanol–water partition coefficient (Wildman–Crippen LogP) is 2.75. The number of ether oxygens (including phenoxy) is 1. The SMILES string of the molecule is Cn1c(NCC(C(=O)O)C2CCOCC2)nc2ccccc21.O=C(O)C(F)(F)F. The maximum Gasteiger partial charge on any atom is 0.490 e. The van der Waals surface area contributed by atoms with Crippen LogP contribution in [0, 0.1) is 11.8 Å². The number of carbonyl (C=O) groups is 2. The van der Waals surface area contributed by atoms with E-state index in [1.807, 2.05) is 35.9 Å². The van der Waals surface area contributed by atoms with Crippen molar-refractivity contribution in [3.8, 4) is 0 Å². The van der Waals surface area contributed by atoms with E-state index in [0.717, 1.165) is 23.9 Å². The van der Waals surface area contributed by atoms with Gasteiger partial charge in [-0.3, -0.25) is 4.79 Å². The molecule has 0 amide bonds. The minimum absolute atomic E-state index is 0.161. The standard InChI is InChI=1S/C16H21N3O3.C2HF3O2/c1-19-14-5-3-2-4-13(14)18-16(19)17-10-12(15(20)21)11-6-8-22-9-7-11;3-2(4,5)1(6)7/h2-5,11-12H,6-10H2,1H3,(H,17,18)(H,20,21);(H,6,7). The van der Waals surface area contributed by atoms with Crippen molar-refractivity contribution in [3.05, 3.63) is 24.3 Å². The van der Waals surface area contributed by atoms with Gasteiger partial charge in [0.1, 0.15) is 0 Å². The molecule has 8 nitrogen and oxygen atoms in total. The molecule has 29 heavy (non-hydrogen) atoms. The number of anilines is 1. The van der Waals surface area contributed by atoms with Gasteiger partial charge in [0.2, 0.25) is 5.95 Å². The van der Waals surface area contributed by atoms with Crippen molar-refractivity contribution in [2.24, 2.45) is 18.9 Å². The monoisotopic (exact) mass is 417 g/mol. The molecule has 0 aliphatic carbocycles. The number of para-hydroxylation sites is 2. The molecule has 2 aromatic rings. The second-order valence-corrected chi connectivity index (χ2v) is 6.56. The number of benzene rings is 1. The Morgan fingerprint density at radius 1 is 1.28 bits per heavy atom. The summed E-state index contributed by atoms with van der Waals surface area (Å²) in [5.41, 5.74) is 1.94. The van der Waals surface area contributed by atoms with Crippen molar-refractivity contribution in [1.29, 1.82) is 0 Å². The van der Waals surface area contributed by atoms with E-state index in [2.05, 4.69) is 10.3 Å². The lowest BCUT2D eigenvalue weighted by Crippen LogP contribution is -2.34. The summed E-state index contributed by atoms with van der Waals surface area (Å²) in [5, 5.41) is 19.8. The van der Waals surface area contributed by atoms with Gasteiger partial charge in [-0.1, -0.05) is 12.1 Å². The highest BCUT2D eigenvalue weighted by atomic mass is 19.4. The normalized spacial score (nSPS) is 16.0. The van der Waals surface area contributed by atoms with Gasteiger partial charge in [-0.25, -0.2) is 9.78 Å². The number of imidazole rings is 1. The average Bonchev–Trinajstić information content (AvgIpc) is 2.98. The zero-order valence-corrected chi connectivity index (χ0v) is 15.6. The van der Waals surface area contributed by atoms with Gasteiger partial charge in [0, 0.05) is 26.8 Å². The Morgan fingerprint density at radius 2 is 1.86 bits per heavy atom. The van der Waals surface area contributed by atoms with Gasteiger partial charge in [0.25, 0.3) is 0 Å². The molecule has 11 heteroatoms. The third-order valence-corrected chi connectivity index (χ3v) is 4.66. The molecular formula is C18H22F3N3O5. The number of carboxylic acids is 2. The Kier molecular flexibility index (Phi) is 7.43. The van der Waals surface area contributed by atoms with Crippen LogP contribution in [0.5, 0.6) is 0 Å². The highest BCUT2D eigenvalue weighted by Gasteiger charge is 2.38. The predicted molar refractivity (Wildman–Crippen MR) is 97.6 cm³/mol. The Labute approximate surface area is 164 Å². The lowest BCUT2D eigenvalue weighted by molar-refractivity contribution is -0.192. The minimum Gasteiger partial charge on any atom is -0.481 e. The molecule has 160 valence electrons. The zero-order chi connectivity index (χ0) is 21.6. The maximum atomic E-state index is 11.6. The molecule has 1 fully saturated rings. The van der Waals surface area contributed by atoms with E-state index in [-0.39, 0.29) is 5.92 Å². The molecule has 1 aliphatic rings. The average molecular weight is 417 g/mol. The molecule has 3 rings (SSSR count). The Bertz CT molecular complexity index is 847. The summed E-state index contributed by atoms with van der Waals surface area (Å²) in [7, 11) is 1.93. The van der Waals surface area contributed by atoms with E-state index in [4.69, 9.17) is 14.6 Å². The highest BCUT2D eigenvalue weighted by Crippen LogP contribution is 2.25. The van der Waals surface area contributed by atoms with Crippen LogP contribution in [0.3, 0.4) is 0 Å². The molecule has 0 radical (unpaired) electrons. The summed E-state index contributed by atoms with van der Waals surface area (Å²) in [6.07, 6.45) is -3.47. The first-order valence-corrected chi connectivity index (χ1v) is 8.87. The van der Waals surface area contributed by atoms with Crippen LogP contribution in [0.1, 0.15) is 12.8 Å². The highest BCUT2D eigenvalue weighted by molar-refractivity contribution is 5.78. The smallest absolute Gasteiger partial charge is 0.481 e. The van der Waals surface area contributed by atoms with Gasteiger partial charge in [-0.05, 0) is 30.9 Å². The number of rotatable bonds is 5. The second-order valence-electron chi connectivity index (χ2n) is 6.56. The van der Waals surface area contributed by atoms with Crippen LogP contribution in [0.2, 0.25) is 0 Å². The number of aromatic nitrogens is 2. The summed E-state index contributed by atoms with van der Waals surface area (Å²) in [4.78, 5) is 25.0. The Morgan fingerprint density at radius 3 is 2.38 bits per heavy atom. The van der Waals surface area contributed by atoms with Crippen LogP contribution in [0.15, 0.2) is 24.3 Å². The van der Waals surface area contributed by atoms with Gasteiger partial charge in [0.05, 0.1) is 17.0 Å². The van der Waals surface area contributed by atoms with Gasteiger partial charge < -0.3 is 24.8 Å². The number of carboxylic acid groups (broad SMARTS) is 2. The molecule has 1 aromatic carbocycles. The number of hydrogen-bond donors (Lipinski definition) is 3. The summed E-state index contributed by atoms with van der Waals surface area (Å²) in [5.74, 6) is -3.05. The van der Waals surface area contributed by atoms with Gasteiger partial charge >= 0.3 is 18.1 Å². The third-order valence-electron chi connectivity index (χ3n) is 4.66. The van der Waals surface area contributed by atoms with Crippen LogP contribution in [-0.4, -0.2) is 57.6 Å². The number of nitrogens with zero attached hydrogens (tertiary/aromatic N) is 2. The van der Waals surface area contributed by atoms with Crippen molar-refractivity contribution in [2.75, 3.05) is 25.1 Å². The summed E-state index contributed by atoms with van der Waals surface area (Å²) >= 11 is 0. The molecule has 1 unspecified atom stereocenters. The van der Waals surface area contributed by atoms with Crippen LogP contribution in [0.4, 0.5) is 19.1 Å². The number of aliphatic carboxylic acids is 2. The molecule has 0 bridgehead atoms. The zero-order valence-electron chi connectivity index (χ0n) is 15.6. The molecule has 1 saturated heterocycles. The first-order chi connectivity index (χ1) is 13.6. The van der Waals surface area contributed by atoms with Crippen molar-refractivity contribution < 1.29 is 37.7 Å². The van der Waals surface area contributed by atoms with Crippen molar-refractivity contribution in [2.45, 2.75) is 19.0 Å². The first-order valence-electron chi connectivity index (χ1n) is 8.87. The van der Waals surface area contributed by atoms with Gasteiger partial charge in [-0.2, -0.15) is 13.2 Å². The van der Waals surface area contributed by atoms with E-state index in [9.17, 15) is 23.1 Å². The number of aryl methyl sites for hydroxylation is 1. The van der Waals surface area contributed by atoms with E-state index in [0.29, 0.717) is 25.7 Å². The fourth-order valence-electron chi connectivity index (χ4n) is 3.08. The fraction of sp³-hybridized carbons (Fsp3) is 0.500. The van der Waals surface area contributed by atoms with Crippen molar-refractivity contribution in [3.63, 3.8) is 0 Å². The van der Waals surface area contributed by atoms with Crippen molar-refractivity contribution >= 4 is 28.9 Å². The largest absolute Gasteiger partial charge is 0.490 e. The number of halogens is 3. The first kappa shape index (κ1) is 22.5. The third kappa shape index (κ3) is 6.08. The number of hydrogen-bond acceptors (Lipinski definition) is 5. The minimum atomic E-state index is -5.08. The lowest BCUT2D eigenvalue weighted by atomic mass is 9.86. The molecule has 1 aliphatic heterocycles. The topological polar surface area (TPSA) is 114 Å². The molecule has 0 saturated carbocycles. The number of fused-ring (bicyclic) bond motifs is 1. The van der Waals surface area contributed by atoms with Gasteiger partial charge in [-0.15, -0.1) is 0 Å². The van der Waals surface area contributed by atoms with E-state index >= 15 is 0 Å². The summed E-state index contributed by atoms with van der Waals surface area (Å²) < 4.78 is 39.0. The number of alkyl halides is 3. The quantitative estimate of drug-likeness (QED) is 0.685. The van der Waals surface area contributed by atoms with Crippen molar-refractivity contribution in [1.82, 2.24) is 9.55 Å². The molecule has 2 heterocycles. The maximum absolute atomic E-state index is 11.6. The molecule has 1 aromatic heterocycles. The fourth-order valence-corrected chi connectivity index (χ4v) is 3.08. The molecule has 1 atom stereocenters. The van der Waals surface area contributed by atoms with E-state index in [1.165, 1.54) is 0 Å². The summed E-state index contributed by atoms with van der Waals surface area (Å²) in [6.45, 7) is 1.69. The summed E-state index contributed by atoms with van der Waals surface area (Å²) in [6, 6.07) is 7.87. The van der Waals surface area contributed by atoms with Crippen LogP contribution < -0.4 is 5.32 Å². The van der Waals surface area contributed by atoms with Crippen LogP contribution in [-0.2, 0) is 21.4 Å². The van der Waals surface area contributed by atoms with Crippen LogP contribution >= 0.6 is 0 Å². The molecule has 0 spiro atoms. The van der Waals surface area contributed by atoms with Crippen LogP contribution in [0.25, 0.3) is 11.0 Å². The number of nitrogens with one attached hydrogen (secondary N) is 1. The Hall–Kier alpha value is -2.82. The second kappa shape index (κ2) is 9.59. The van der Waals surface area contributed by atoms with Gasteiger partial charge in [0.15, 0.2) is 0 Å². The Balaban J connectivity index is 0.000000370. The lowest BCUT2D eigenvalue weighted by Gasteiger charge is -2.27. The van der Waals surface area contributed by atoms with E-state index in [1.54, 1.807) is 0 Å². The van der Waals surface area contributed by atoms with E-state index < -0.39 is 24.0 Å². The molecule has 3 N–H and O–H groups in total.